The van der Waals surface area contributed by atoms with Crippen molar-refractivity contribution in [2.24, 2.45) is 0 Å². The lowest BCUT2D eigenvalue weighted by molar-refractivity contribution is 0.0598. The molecule has 1 aromatic carbocycles. The third-order valence-corrected chi connectivity index (χ3v) is 5.45. The first-order valence-corrected chi connectivity index (χ1v) is 10.1. The van der Waals surface area contributed by atoms with Crippen molar-refractivity contribution in [2.75, 3.05) is 14.2 Å². The number of sulfonamides is 1. The van der Waals surface area contributed by atoms with Crippen LogP contribution >= 0.6 is 0 Å². The van der Waals surface area contributed by atoms with Crippen LogP contribution in [0.25, 0.3) is 5.82 Å². The summed E-state index contributed by atoms with van der Waals surface area (Å²) in [5, 5.41) is 4.07. The quantitative estimate of drug-likeness (QED) is 0.556. The Morgan fingerprint density at radius 1 is 1.07 bits per heavy atom. The number of carbonyl (C=O) groups excluding carboxylic acids is 2. The third kappa shape index (κ3) is 4.70. The first kappa shape index (κ1) is 21.1. The van der Waals surface area contributed by atoms with Crippen molar-refractivity contribution in [3.8, 4) is 5.82 Å². The first-order chi connectivity index (χ1) is 14.3. The van der Waals surface area contributed by atoms with Crippen molar-refractivity contribution in [3.63, 3.8) is 0 Å². The van der Waals surface area contributed by atoms with Crippen molar-refractivity contribution >= 4 is 22.0 Å². The highest BCUT2D eigenvalue weighted by Gasteiger charge is 2.21. The highest BCUT2D eigenvalue weighted by molar-refractivity contribution is 7.89. The lowest BCUT2D eigenvalue weighted by Gasteiger charge is -2.10. The summed E-state index contributed by atoms with van der Waals surface area (Å²) in [5.74, 6) is -0.980. The van der Waals surface area contributed by atoms with Crippen LogP contribution in [0.15, 0.2) is 59.9 Å². The Bertz CT molecular complexity index is 1120. The molecule has 2 heterocycles. The van der Waals surface area contributed by atoms with E-state index in [0.29, 0.717) is 11.4 Å². The van der Waals surface area contributed by atoms with Gasteiger partial charge >= 0.3 is 11.9 Å². The molecule has 0 radical (unpaired) electrons. The second kappa shape index (κ2) is 8.84. The van der Waals surface area contributed by atoms with Gasteiger partial charge in [0.1, 0.15) is 0 Å². The molecule has 0 saturated heterocycles. The van der Waals surface area contributed by atoms with Gasteiger partial charge in [-0.2, -0.15) is 5.10 Å². The van der Waals surface area contributed by atoms with Crippen LogP contribution in [0.1, 0.15) is 26.3 Å². The number of benzene rings is 1. The minimum absolute atomic E-state index is 0.0509. The molecule has 3 aromatic rings. The van der Waals surface area contributed by atoms with Crippen molar-refractivity contribution < 1.29 is 27.5 Å². The molecule has 30 heavy (non-hydrogen) atoms. The zero-order valence-electron chi connectivity index (χ0n) is 16.1. The molecule has 0 amide bonds. The molecule has 0 fully saturated rings. The lowest BCUT2D eigenvalue weighted by Crippen LogP contribution is -2.24. The Kier molecular flexibility index (Phi) is 6.23. The van der Waals surface area contributed by atoms with Crippen LogP contribution in [-0.2, 0) is 26.0 Å². The maximum absolute atomic E-state index is 12.7. The molecule has 0 spiro atoms. The maximum atomic E-state index is 12.7. The Balaban J connectivity index is 1.82. The Morgan fingerprint density at radius 2 is 1.73 bits per heavy atom. The number of pyridine rings is 1. The zero-order chi connectivity index (χ0) is 21.7. The average Bonchev–Trinajstić information content (AvgIpc) is 3.31. The molecule has 10 nitrogen and oxygen atoms in total. The van der Waals surface area contributed by atoms with Gasteiger partial charge in [0.05, 0.1) is 30.2 Å². The molecule has 0 bridgehead atoms. The summed E-state index contributed by atoms with van der Waals surface area (Å²) in [7, 11) is -1.75. The molecular weight excluding hydrogens is 412 g/mol. The van der Waals surface area contributed by atoms with Crippen LogP contribution in [0.4, 0.5) is 0 Å². The van der Waals surface area contributed by atoms with E-state index in [0.717, 1.165) is 26.4 Å². The second-order valence-electron chi connectivity index (χ2n) is 6.03. The van der Waals surface area contributed by atoms with Gasteiger partial charge in [-0.3, -0.25) is 0 Å². The molecule has 2 aromatic heterocycles. The van der Waals surface area contributed by atoms with Gasteiger partial charge in [0.2, 0.25) is 10.0 Å². The highest BCUT2D eigenvalue weighted by atomic mass is 32.2. The molecule has 0 saturated carbocycles. The first-order valence-electron chi connectivity index (χ1n) is 8.60. The van der Waals surface area contributed by atoms with Gasteiger partial charge in [0.15, 0.2) is 5.82 Å². The summed E-state index contributed by atoms with van der Waals surface area (Å²) in [6.07, 6.45) is 4.87. The second-order valence-corrected chi connectivity index (χ2v) is 7.80. The summed E-state index contributed by atoms with van der Waals surface area (Å²) in [6, 6.07) is 8.61. The molecule has 3 rings (SSSR count). The van der Waals surface area contributed by atoms with Crippen molar-refractivity contribution in [3.05, 3.63) is 71.7 Å². The lowest BCUT2D eigenvalue weighted by atomic mass is 10.1. The SMILES string of the molecule is COC(=O)c1cc(C(=O)OC)cc(S(=O)(=O)NCc2ccc(-n3cccn3)nc2)c1. The smallest absolute Gasteiger partial charge is 0.337 e. The summed E-state index contributed by atoms with van der Waals surface area (Å²) in [4.78, 5) is 27.7. The highest BCUT2D eigenvalue weighted by Crippen LogP contribution is 2.18. The van der Waals surface area contributed by atoms with E-state index in [1.165, 1.54) is 12.3 Å². The summed E-state index contributed by atoms with van der Waals surface area (Å²) < 4.78 is 38.7. The minimum atomic E-state index is -4.05. The fourth-order valence-electron chi connectivity index (χ4n) is 2.55. The number of esters is 2. The number of nitrogens with zero attached hydrogens (tertiary/aromatic N) is 3. The van der Waals surface area contributed by atoms with Gasteiger partial charge in [-0.15, -0.1) is 0 Å². The standard InChI is InChI=1S/C19H18N4O6S/c1-28-18(24)14-8-15(19(25)29-2)10-16(9-14)30(26,27)22-12-13-4-5-17(20-11-13)23-7-3-6-21-23/h3-11,22H,12H2,1-2H3. The van der Waals surface area contributed by atoms with Gasteiger partial charge in [0, 0.05) is 25.1 Å². The summed E-state index contributed by atoms with van der Waals surface area (Å²) >= 11 is 0. The molecule has 1 N–H and O–H groups in total. The van der Waals surface area contributed by atoms with Crippen LogP contribution < -0.4 is 4.72 Å². The number of ether oxygens (including phenoxy) is 2. The van der Waals surface area contributed by atoms with Crippen LogP contribution in [0.5, 0.6) is 0 Å². The number of carbonyl (C=O) groups is 2. The molecule has 0 aliphatic carbocycles. The van der Waals surface area contributed by atoms with Gasteiger partial charge in [0.25, 0.3) is 0 Å². The van der Waals surface area contributed by atoms with Crippen molar-refractivity contribution in [1.29, 1.82) is 0 Å². The van der Waals surface area contributed by atoms with E-state index in [1.54, 1.807) is 35.3 Å². The van der Waals surface area contributed by atoms with E-state index in [9.17, 15) is 18.0 Å². The van der Waals surface area contributed by atoms with E-state index < -0.39 is 22.0 Å². The Hall–Kier alpha value is -3.57. The molecule has 11 heteroatoms. The van der Waals surface area contributed by atoms with Gasteiger partial charge in [-0.25, -0.2) is 32.4 Å². The van der Waals surface area contributed by atoms with Gasteiger partial charge < -0.3 is 9.47 Å². The predicted octanol–water partition coefficient (Wildman–Crippen LogP) is 1.32. The van der Waals surface area contributed by atoms with Crippen LogP contribution in [0, 0.1) is 0 Å². The molecule has 0 aliphatic rings. The molecule has 0 unspecified atom stereocenters. The number of nitrogens with one attached hydrogen (secondary N) is 1. The number of hydrogen-bond acceptors (Lipinski definition) is 8. The number of methoxy groups -OCH3 is 2. The fourth-order valence-corrected chi connectivity index (χ4v) is 3.64. The van der Waals surface area contributed by atoms with E-state index in [-0.39, 0.29) is 22.6 Å². The molecule has 156 valence electrons. The molecule has 0 aliphatic heterocycles. The largest absolute Gasteiger partial charge is 0.465 e. The van der Waals surface area contributed by atoms with Crippen molar-refractivity contribution in [1.82, 2.24) is 19.5 Å². The van der Waals surface area contributed by atoms with E-state index in [2.05, 4.69) is 24.3 Å². The average molecular weight is 430 g/mol. The third-order valence-electron chi connectivity index (χ3n) is 4.07. The van der Waals surface area contributed by atoms with Crippen molar-refractivity contribution in [2.45, 2.75) is 11.4 Å². The fraction of sp³-hybridized carbons (Fsp3) is 0.158. The normalized spacial score (nSPS) is 11.1. The monoisotopic (exact) mass is 430 g/mol. The Morgan fingerprint density at radius 3 is 2.23 bits per heavy atom. The number of rotatable bonds is 7. The summed E-state index contributed by atoms with van der Waals surface area (Å²) in [5.41, 5.74) is 0.420. The number of aromatic nitrogens is 3. The topological polar surface area (TPSA) is 129 Å². The minimum Gasteiger partial charge on any atom is -0.465 e. The van der Waals surface area contributed by atoms with E-state index >= 15 is 0 Å². The van der Waals surface area contributed by atoms with E-state index in [1.807, 2.05) is 0 Å². The molecule has 0 atom stereocenters. The Labute approximate surface area is 172 Å². The van der Waals surface area contributed by atoms with Crippen LogP contribution in [-0.4, -0.2) is 49.3 Å². The van der Waals surface area contributed by atoms with Gasteiger partial charge in [-0.05, 0) is 35.9 Å². The predicted molar refractivity (Wildman–Crippen MR) is 105 cm³/mol. The number of hydrogen-bond donors (Lipinski definition) is 1. The van der Waals surface area contributed by atoms with E-state index in [4.69, 9.17) is 0 Å². The molecular formula is C19H18N4O6S. The van der Waals surface area contributed by atoms with Crippen LogP contribution in [0.2, 0.25) is 0 Å². The maximum Gasteiger partial charge on any atom is 0.337 e. The zero-order valence-corrected chi connectivity index (χ0v) is 16.9. The summed E-state index contributed by atoms with van der Waals surface area (Å²) in [6.45, 7) is -0.0509. The van der Waals surface area contributed by atoms with Gasteiger partial charge in [-0.1, -0.05) is 6.07 Å². The van der Waals surface area contributed by atoms with Crippen LogP contribution in [0.3, 0.4) is 0 Å².